The maximum Gasteiger partial charge on any atom is 0.156 e. The molecule has 0 aliphatic rings. The lowest BCUT2D eigenvalue weighted by atomic mass is 10.2. The SMILES string of the molecule is CCCOCc1nc(N)cc(CCC)n1. The second-order valence-electron chi connectivity index (χ2n) is 3.50. The van der Waals surface area contributed by atoms with E-state index in [-0.39, 0.29) is 0 Å². The summed E-state index contributed by atoms with van der Waals surface area (Å²) >= 11 is 0. The molecule has 0 bridgehead atoms. The lowest BCUT2D eigenvalue weighted by Crippen LogP contribution is -2.05. The maximum absolute atomic E-state index is 5.69. The maximum atomic E-state index is 5.69. The van der Waals surface area contributed by atoms with E-state index in [1.165, 1.54) is 0 Å². The van der Waals surface area contributed by atoms with Gasteiger partial charge in [-0.25, -0.2) is 9.97 Å². The van der Waals surface area contributed by atoms with Gasteiger partial charge in [-0.3, -0.25) is 0 Å². The van der Waals surface area contributed by atoms with Gasteiger partial charge in [0.25, 0.3) is 0 Å². The van der Waals surface area contributed by atoms with Gasteiger partial charge in [0.2, 0.25) is 0 Å². The van der Waals surface area contributed by atoms with Gasteiger partial charge in [0.05, 0.1) is 0 Å². The third-order valence-corrected chi connectivity index (χ3v) is 1.93. The third kappa shape index (κ3) is 4.25. The lowest BCUT2D eigenvalue weighted by molar-refractivity contribution is 0.116. The van der Waals surface area contributed by atoms with Crippen LogP contribution in [-0.2, 0) is 17.8 Å². The molecule has 0 aliphatic carbocycles. The Labute approximate surface area is 90.9 Å². The molecule has 0 saturated carbocycles. The van der Waals surface area contributed by atoms with E-state index < -0.39 is 0 Å². The molecule has 0 unspecified atom stereocenters. The van der Waals surface area contributed by atoms with Crippen LogP contribution in [0.3, 0.4) is 0 Å². The Hall–Kier alpha value is -1.16. The molecule has 0 saturated heterocycles. The zero-order valence-corrected chi connectivity index (χ0v) is 9.49. The number of nitrogens with zero attached hydrogens (tertiary/aromatic N) is 2. The summed E-state index contributed by atoms with van der Waals surface area (Å²) in [6.45, 7) is 5.38. The van der Waals surface area contributed by atoms with E-state index in [2.05, 4.69) is 23.8 Å². The standard InChI is InChI=1S/C11H19N3O/c1-3-5-9-7-10(12)14-11(13-9)8-15-6-4-2/h7H,3-6,8H2,1-2H3,(H2,12,13,14). The van der Waals surface area contributed by atoms with Gasteiger partial charge in [0.15, 0.2) is 5.82 Å². The zero-order chi connectivity index (χ0) is 11.1. The number of aryl methyl sites for hydroxylation is 1. The molecule has 4 heteroatoms. The summed E-state index contributed by atoms with van der Waals surface area (Å²) < 4.78 is 5.38. The van der Waals surface area contributed by atoms with Crippen molar-refractivity contribution in [3.8, 4) is 0 Å². The van der Waals surface area contributed by atoms with Crippen LogP contribution >= 0.6 is 0 Å². The quantitative estimate of drug-likeness (QED) is 0.727. The minimum Gasteiger partial charge on any atom is -0.384 e. The molecule has 4 nitrogen and oxygen atoms in total. The first kappa shape index (κ1) is 11.9. The summed E-state index contributed by atoms with van der Waals surface area (Å²) in [6, 6.07) is 1.83. The first-order valence-electron chi connectivity index (χ1n) is 5.46. The Bertz CT molecular complexity index is 302. The number of nitrogen functional groups attached to an aromatic ring is 1. The van der Waals surface area contributed by atoms with Crippen molar-refractivity contribution in [3.63, 3.8) is 0 Å². The van der Waals surface area contributed by atoms with Crippen molar-refractivity contribution < 1.29 is 4.74 Å². The van der Waals surface area contributed by atoms with Gasteiger partial charge in [-0.05, 0) is 12.8 Å². The number of anilines is 1. The molecule has 0 spiro atoms. The van der Waals surface area contributed by atoms with Crippen molar-refractivity contribution in [1.29, 1.82) is 0 Å². The third-order valence-electron chi connectivity index (χ3n) is 1.93. The average Bonchev–Trinajstić information content (AvgIpc) is 2.18. The van der Waals surface area contributed by atoms with Crippen molar-refractivity contribution in [3.05, 3.63) is 17.6 Å². The van der Waals surface area contributed by atoms with Crippen molar-refractivity contribution in [2.75, 3.05) is 12.3 Å². The number of nitrogens with two attached hydrogens (primary N) is 1. The summed E-state index contributed by atoms with van der Waals surface area (Å²) in [5.41, 5.74) is 6.69. The van der Waals surface area contributed by atoms with Crippen LogP contribution in [0.2, 0.25) is 0 Å². The van der Waals surface area contributed by atoms with Crippen LogP contribution in [0, 0.1) is 0 Å². The highest BCUT2D eigenvalue weighted by Gasteiger charge is 2.02. The highest BCUT2D eigenvalue weighted by atomic mass is 16.5. The molecule has 0 radical (unpaired) electrons. The van der Waals surface area contributed by atoms with Gasteiger partial charge in [0.1, 0.15) is 12.4 Å². The fraction of sp³-hybridized carbons (Fsp3) is 0.636. The normalized spacial score (nSPS) is 10.5. The molecule has 1 heterocycles. The Kier molecular flexibility index (Phi) is 5.04. The van der Waals surface area contributed by atoms with Crippen molar-refractivity contribution >= 4 is 5.82 Å². The largest absolute Gasteiger partial charge is 0.384 e. The average molecular weight is 209 g/mol. The van der Waals surface area contributed by atoms with E-state index in [0.29, 0.717) is 18.2 Å². The predicted octanol–water partition coefficient (Wildman–Crippen LogP) is 1.94. The number of hydrogen-bond donors (Lipinski definition) is 1. The van der Waals surface area contributed by atoms with Gasteiger partial charge in [-0.1, -0.05) is 20.3 Å². The number of aromatic nitrogens is 2. The topological polar surface area (TPSA) is 61.0 Å². The number of rotatable bonds is 6. The van der Waals surface area contributed by atoms with Gasteiger partial charge < -0.3 is 10.5 Å². The fourth-order valence-corrected chi connectivity index (χ4v) is 1.33. The van der Waals surface area contributed by atoms with Crippen LogP contribution in [0.1, 0.15) is 38.2 Å². The summed E-state index contributed by atoms with van der Waals surface area (Å²) in [6.07, 6.45) is 3.00. The lowest BCUT2D eigenvalue weighted by Gasteiger charge is -2.05. The van der Waals surface area contributed by atoms with Gasteiger partial charge in [-0.15, -0.1) is 0 Å². The molecule has 1 aromatic heterocycles. The van der Waals surface area contributed by atoms with E-state index in [1.54, 1.807) is 0 Å². The van der Waals surface area contributed by atoms with Gasteiger partial charge in [-0.2, -0.15) is 0 Å². The molecule has 84 valence electrons. The highest BCUT2D eigenvalue weighted by Crippen LogP contribution is 2.06. The second-order valence-corrected chi connectivity index (χ2v) is 3.50. The Morgan fingerprint density at radius 2 is 2.07 bits per heavy atom. The predicted molar refractivity (Wildman–Crippen MR) is 60.4 cm³/mol. The molecule has 2 N–H and O–H groups in total. The highest BCUT2D eigenvalue weighted by molar-refractivity contribution is 5.29. The van der Waals surface area contributed by atoms with Gasteiger partial charge in [0, 0.05) is 18.4 Å². The van der Waals surface area contributed by atoms with Crippen LogP contribution in [0.4, 0.5) is 5.82 Å². The first-order chi connectivity index (χ1) is 7.26. The van der Waals surface area contributed by atoms with E-state index >= 15 is 0 Å². The van der Waals surface area contributed by atoms with Crippen LogP contribution in [0.15, 0.2) is 6.07 Å². The van der Waals surface area contributed by atoms with Crippen molar-refractivity contribution in [1.82, 2.24) is 9.97 Å². The summed E-state index contributed by atoms with van der Waals surface area (Å²) in [5, 5.41) is 0. The van der Waals surface area contributed by atoms with E-state index in [4.69, 9.17) is 10.5 Å². The molecular weight excluding hydrogens is 190 g/mol. The first-order valence-corrected chi connectivity index (χ1v) is 5.46. The number of hydrogen-bond acceptors (Lipinski definition) is 4. The monoisotopic (exact) mass is 209 g/mol. The summed E-state index contributed by atoms with van der Waals surface area (Å²) in [4.78, 5) is 8.51. The van der Waals surface area contributed by atoms with Crippen LogP contribution in [-0.4, -0.2) is 16.6 Å². The summed E-state index contributed by atoms with van der Waals surface area (Å²) in [5.74, 6) is 1.22. The Morgan fingerprint density at radius 1 is 1.27 bits per heavy atom. The molecular formula is C11H19N3O. The molecule has 0 atom stereocenters. The molecule has 15 heavy (non-hydrogen) atoms. The minimum absolute atomic E-state index is 0.454. The minimum atomic E-state index is 0.454. The Morgan fingerprint density at radius 3 is 2.73 bits per heavy atom. The van der Waals surface area contributed by atoms with Crippen molar-refractivity contribution in [2.24, 2.45) is 0 Å². The van der Waals surface area contributed by atoms with Crippen LogP contribution < -0.4 is 5.73 Å². The van der Waals surface area contributed by atoms with E-state index in [0.717, 1.165) is 31.6 Å². The smallest absolute Gasteiger partial charge is 0.156 e. The molecule has 0 aromatic carbocycles. The zero-order valence-electron chi connectivity index (χ0n) is 9.49. The van der Waals surface area contributed by atoms with E-state index in [1.807, 2.05) is 6.07 Å². The molecule has 0 aliphatic heterocycles. The molecule has 1 rings (SSSR count). The van der Waals surface area contributed by atoms with Crippen LogP contribution in [0.25, 0.3) is 0 Å². The van der Waals surface area contributed by atoms with Crippen molar-refractivity contribution in [2.45, 2.75) is 39.7 Å². The molecule has 1 aromatic rings. The molecule has 0 fully saturated rings. The fourth-order valence-electron chi connectivity index (χ4n) is 1.33. The van der Waals surface area contributed by atoms with Gasteiger partial charge >= 0.3 is 0 Å². The summed E-state index contributed by atoms with van der Waals surface area (Å²) in [7, 11) is 0. The second kappa shape index (κ2) is 6.35. The number of ether oxygens (including phenoxy) is 1. The Balaban J connectivity index is 2.62. The molecule has 0 amide bonds. The van der Waals surface area contributed by atoms with Crippen LogP contribution in [0.5, 0.6) is 0 Å². The van der Waals surface area contributed by atoms with E-state index in [9.17, 15) is 0 Å².